The van der Waals surface area contributed by atoms with E-state index >= 15 is 0 Å². The number of unbranched alkanes of at least 4 members (excludes halogenated alkanes) is 13. The summed E-state index contributed by atoms with van der Waals surface area (Å²) in [5.41, 5.74) is 0.817. The molecule has 1 aliphatic rings. The zero-order valence-electron chi connectivity index (χ0n) is 23.6. The lowest BCUT2D eigenvalue weighted by molar-refractivity contribution is -0.136. The van der Waals surface area contributed by atoms with Gasteiger partial charge in [-0.1, -0.05) is 104 Å². The molecular formula is C32H49NO4. The number of hydrogen-bond donors (Lipinski definition) is 0. The summed E-state index contributed by atoms with van der Waals surface area (Å²) in [4.78, 5) is 41.2. The van der Waals surface area contributed by atoms with Crippen LogP contribution in [-0.4, -0.2) is 30.4 Å². The minimum atomic E-state index is -0.761. The molecule has 0 spiro atoms. The average Bonchev–Trinajstić information content (AvgIpc) is 2.85. The minimum Gasteiger partial charge on any atom is -0.462 e. The number of ether oxygens (including phenoxy) is 1. The highest BCUT2D eigenvalue weighted by atomic mass is 16.5. The highest BCUT2D eigenvalue weighted by Crippen LogP contribution is 2.33. The van der Waals surface area contributed by atoms with Crippen LogP contribution in [0.15, 0.2) is 29.3 Å². The fourth-order valence-corrected chi connectivity index (χ4v) is 4.96. The number of esters is 1. The van der Waals surface area contributed by atoms with Crippen LogP contribution in [0.3, 0.4) is 0 Å². The first-order chi connectivity index (χ1) is 17.8. The topological polar surface area (TPSA) is 72.8 Å². The van der Waals surface area contributed by atoms with Gasteiger partial charge in [-0.15, -0.1) is 0 Å². The van der Waals surface area contributed by atoms with Gasteiger partial charge in [0.25, 0.3) is 0 Å². The normalized spacial score (nSPS) is 16.0. The predicted octanol–water partition coefficient (Wildman–Crippen LogP) is 8.60. The maximum absolute atomic E-state index is 12.3. The zero-order valence-corrected chi connectivity index (χ0v) is 23.6. The van der Waals surface area contributed by atoms with Gasteiger partial charge in [-0.2, -0.15) is 0 Å². The molecule has 0 aliphatic heterocycles. The van der Waals surface area contributed by atoms with Crippen molar-refractivity contribution >= 4 is 29.4 Å². The van der Waals surface area contributed by atoms with Crippen molar-refractivity contribution in [2.75, 3.05) is 6.61 Å². The maximum atomic E-state index is 12.3. The summed E-state index contributed by atoms with van der Waals surface area (Å²) >= 11 is 0. The van der Waals surface area contributed by atoms with Gasteiger partial charge < -0.3 is 4.74 Å². The second kappa shape index (κ2) is 17.3. The molecule has 37 heavy (non-hydrogen) atoms. The molecule has 1 fully saturated rings. The van der Waals surface area contributed by atoms with Crippen molar-refractivity contribution < 1.29 is 19.1 Å². The first kappa shape index (κ1) is 30.9. The number of ketones is 2. The Kier molecular flexibility index (Phi) is 14.4. The third kappa shape index (κ3) is 12.7. The Balaban J connectivity index is 1.53. The lowest BCUT2D eigenvalue weighted by Gasteiger charge is -2.30. The lowest BCUT2D eigenvalue weighted by atomic mass is 9.72. The molecule has 1 aromatic carbocycles. The van der Waals surface area contributed by atoms with E-state index in [1.807, 2.05) is 13.8 Å². The summed E-state index contributed by atoms with van der Waals surface area (Å²) in [6, 6.07) is 6.77. The number of Topliss-reactive ketones (excluding diaryl/α,β-unsaturated/α-hetero) is 2. The fourth-order valence-electron chi connectivity index (χ4n) is 4.96. The van der Waals surface area contributed by atoms with Crippen LogP contribution >= 0.6 is 0 Å². The van der Waals surface area contributed by atoms with Gasteiger partial charge in [-0.05, 0) is 36.1 Å². The molecule has 1 aromatic rings. The molecule has 0 saturated heterocycles. The van der Waals surface area contributed by atoms with Gasteiger partial charge in [0.05, 0.1) is 17.9 Å². The Morgan fingerprint density at radius 1 is 0.811 bits per heavy atom. The first-order valence-electron chi connectivity index (χ1n) is 14.7. The second-order valence-electron chi connectivity index (χ2n) is 11.5. The summed E-state index contributed by atoms with van der Waals surface area (Å²) in [5.74, 6) is -1.24. The summed E-state index contributed by atoms with van der Waals surface area (Å²) in [6.07, 6.45) is 20.4. The zero-order chi connectivity index (χ0) is 26.9. The number of benzene rings is 1. The molecule has 0 atom stereocenters. The van der Waals surface area contributed by atoms with E-state index in [4.69, 9.17) is 4.74 Å². The van der Waals surface area contributed by atoms with Crippen molar-refractivity contribution in [2.45, 2.75) is 124 Å². The number of nitrogens with zero attached hydrogens (tertiary/aromatic N) is 1. The summed E-state index contributed by atoms with van der Waals surface area (Å²) in [7, 11) is 0. The first-order valence-corrected chi connectivity index (χ1v) is 14.7. The number of hydrogen-bond acceptors (Lipinski definition) is 5. The Morgan fingerprint density at radius 3 is 1.76 bits per heavy atom. The van der Waals surface area contributed by atoms with Crippen LogP contribution in [-0.2, 0) is 14.3 Å². The van der Waals surface area contributed by atoms with Crippen LogP contribution in [0.5, 0.6) is 0 Å². The molecule has 1 saturated carbocycles. The molecule has 5 nitrogen and oxygen atoms in total. The fraction of sp³-hybridized carbons (Fsp3) is 0.688. The van der Waals surface area contributed by atoms with Crippen LogP contribution in [0.1, 0.15) is 134 Å². The van der Waals surface area contributed by atoms with Crippen molar-refractivity contribution in [3.8, 4) is 0 Å². The van der Waals surface area contributed by atoms with Crippen LogP contribution < -0.4 is 0 Å². The summed E-state index contributed by atoms with van der Waals surface area (Å²) in [5, 5.41) is 0. The molecule has 2 rings (SSSR count). The van der Waals surface area contributed by atoms with E-state index in [9.17, 15) is 14.4 Å². The Labute approximate surface area is 224 Å². The standard InChI is InChI=1S/C32H49NO4/c1-4-5-6-7-8-9-10-11-12-13-14-15-16-17-22-37-31(36)26-18-20-27(21-19-26)33-25-28-29(34)23-32(2,3)24-30(28)35/h18-21,25,28H,4-17,22-24H2,1-3H3. The van der Waals surface area contributed by atoms with Crippen molar-refractivity contribution in [1.29, 1.82) is 0 Å². The summed E-state index contributed by atoms with van der Waals surface area (Å²) < 4.78 is 5.41. The maximum Gasteiger partial charge on any atom is 0.338 e. The molecular weight excluding hydrogens is 462 g/mol. The number of rotatable bonds is 18. The largest absolute Gasteiger partial charge is 0.462 e. The molecule has 206 valence electrons. The molecule has 0 N–H and O–H groups in total. The SMILES string of the molecule is CCCCCCCCCCCCCCCCOC(=O)c1ccc(N=CC2C(=O)CC(C)(C)CC2=O)cc1. The van der Waals surface area contributed by atoms with Crippen molar-refractivity contribution in [2.24, 2.45) is 16.3 Å². The van der Waals surface area contributed by atoms with Crippen LogP contribution in [0.25, 0.3) is 0 Å². The molecule has 1 aliphatic carbocycles. The van der Waals surface area contributed by atoms with E-state index in [1.165, 1.54) is 83.3 Å². The van der Waals surface area contributed by atoms with Gasteiger partial charge >= 0.3 is 5.97 Å². The van der Waals surface area contributed by atoms with Crippen LogP contribution in [0.2, 0.25) is 0 Å². The summed E-state index contributed by atoms with van der Waals surface area (Å²) in [6.45, 7) is 6.58. The minimum absolute atomic E-state index is 0.0753. The monoisotopic (exact) mass is 511 g/mol. The Bertz CT molecular complexity index is 836. The third-order valence-electron chi connectivity index (χ3n) is 7.21. The van der Waals surface area contributed by atoms with Crippen molar-refractivity contribution in [1.82, 2.24) is 0 Å². The molecule has 0 aromatic heterocycles. The number of aliphatic imine (C=N–C) groups is 1. The smallest absolute Gasteiger partial charge is 0.338 e. The van der Waals surface area contributed by atoms with Gasteiger partial charge in [0.15, 0.2) is 0 Å². The predicted molar refractivity (Wildman–Crippen MR) is 152 cm³/mol. The quantitative estimate of drug-likeness (QED) is 0.0856. The van der Waals surface area contributed by atoms with E-state index in [-0.39, 0.29) is 23.0 Å². The number of carbonyl (C=O) groups excluding carboxylic acids is 3. The Morgan fingerprint density at radius 2 is 1.27 bits per heavy atom. The van der Waals surface area contributed by atoms with Gasteiger partial charge in [-0.3, -0.25) is 14.6 Å². The van der Waals surface area contributed by atoms with Gasteiger partial charge in [0.2, 0.25) is 0 Å². The molecule has 0 heterocycles. The van der Waals surface area contributed by atoms with Gasteiger partial charge in [0, 0.05) is 19.1 Å². The molecule has 0 radical (unpaired) electrons. The molecule has 5 heteroatoms. The van der Waals surface area contributed by atoms with Crippen molar-refractivity contribution in [3.63, 3.8) is 0 Å². The van der Waals surface area contributed by atoms with Crippen LogP contribution in [0.4, 0.5) is 5.69 Å². The van der Waals surface area contributed by atoms with E-state index in [0.29, 0.717) is 30.7 Å². The van der Waals surface area contributed by atoms with Gasteiger partial charge in [-0.25, -0.2) is 4.79 Å². The lowest BCUT2D eigenvalue weighted by Crippen LogP contribution is -2.38. The molecule has 0 unspecified atom stereocenters. The van der Waals surface area contributed by atoms with E-state index in [1.54, 1.807) is 24.3 Å². The highest BCUT2D eigenvalue weighted by molar-refractivity contribution is 6.16. The van der Waals surface area contributed by atoms with E-state index in [2.05, 4.69) is 11.9 Å². The number of carbonyl (C=O) groups is 3. The van der Waals surface area contributed by atoms with Gasteiger partial charge in [0.1, 0.15) is 17.5 Å². The third-order valence-corrected chi connectivity index (χ3v) is 7.21. The highest BCUT2D eigenvalue weighted by Gasteiger charge is 2.38. The van der Waals surface area contributed by atoms with E-state index < -0.39 is 5.92 Å². The Hall–Kier alpha value is -2.30. The molecule has 0 amide bonds. The average molecular weight is 512 g/mol. The van der Waals surface area contributed by atoms with Crippen molar-refractivity contribution in [3.05, 3.63) is 29.8 Å². The second-order valence-corrected chi connectivity index (χ2v) is 11.5. The van der Waals surface area contributed by atoms with E-state index in [0.717, 1.165) is 12.8 Å². The van der Waals surface area contributed by atoms with Crippen LogP contribution in [0, 0.1) is 11.3 Å². The molecule has 0 bridgehead atoms.